The van der Waals surface area contributed by atoms with Gasteiger partial charge in [0.1, 0.15) is 6.61 Å². The Labute approximate surface area is 130 Å². The van der Waals surface area contributed by atoms with Crippen LogP contribution in [-0.4, -0.2) is 43.0 Å². The van der Waals surface area contributed by atoms with Crippen LogP contribution in [0.25, 0.3) is 0 Å². The van der Waals surface area contributed by atoms with Crippen LogP contribution >= 0.6 is 0 Å². The van der Waals surface area contributed by atoms with Gasteiger partial charge in [-0.3, -0.25) is 9.69 Å². The molecule has 1 aliphatic rings. The van der Waals surface area contributed by atoms with Gasteiger partial charge in [-0.1, -0.05) is 19.1 Å². The molecule has 0 aromatic heterocycles. The summed E-state index contributed by atoms with van der Waals surface area (Å²) < 4.78 is 4.95. The highest BCUT2D eigenvalue weighted by Crippen LogP contribution is 2.12. The van der Waals surface area contributed by atoms with E-state index in [1.54, 1.807) is 24.3 Å². The molecule has 1 saturated heterocycles. The minimum absolute atomic E-state index is 0.0242. The Bertz CT molecular complexity index is 519. The van der Waals surface area contributed by atoms with E-state index in [-0.39, 0.29) is 12.5 Å². The van der Waals surface area contributed by atoms with Crippen molar-refractivity contribution in [3.63, 3.8) is 0 Å². The van der Waals surface area contributed by atoms with Gasteiger partial charge in [-0.15, -0.1) is 0 Å². The van der Waals surface area contributed by atoms with E-state index in [1.165, 1.54) is 12.5 Å². The lowest BCUT2D eigenvalue weighted by Crippen LogP contribution is -2.36. The van der Waals surface area contributed by atoms with Crippen molar-refractivity contribution >= 4 is 17.6 Å². The molecule has 5 nitrogen and oxygen atoms in total. The Hall–Kier alpha value is -2.14. The molecule has 5 heteroatoms. The first-order valence-electron chi connectivity index (χ1n) is 7.59. The summed E-state index contributed by atoms with van der Waals surface area (Å²) in [7, 11) is 0. The van der Waals surface area contributed by atoms with Gasteiger partial charge in [0, 0.05) is 5.69 Å². The normalized spacial score (nSPS) is 15.1. The maximum absolute atomic E-state index is 12.0. The number of rotatable bonds is 6. The lowest BCUT2D eigenvalue weighted by atomic mass is 10.1. The van der Waals surface area contributed by atoms with Crippen LogP contribution in [0, 0.1) is 0 Å². The fourth-order valence-corrected chi connectivity index (χ4v) is 2.43. The van der Waals surface area contributed by atoms with Gasteiger partial charge in [-0.05, 0) is 50.2 Å². The third kappa shape index (κ3) is 5.00. The molecule has 22 heavy (non-hydrogen) atoms. The second-order valence-electron chi connectivity index (χ2n) is 5.35. The number of ether oxygens (including phenoxy) is 1. The van der Waals surface area contributed by atoms with Gasteiger partial charge in [0.15, 0.2) is 0 Å². The van der Waals surface area contributed by atoms with Crippen LogP contribution < -0.4 is 5.32 Å². The molecule has 0 unspecified atom stereocenters. The number of esters is 1. The Morgan fingerprint density at radius 1 is 1.18 bits per heavy atom. The van der Waals surface area contributed by atoms with Gasteiger partial charge in [-0.25, -0.2) is 4.79 Å². The molecule has 1 heterocycles. The zero-order valence-electron chi connectivity index (χ0n) is 12.7. The number of hydrogen-bond acceptors (Lipinski definition) is 4. The second kappa shape index (κ2) is 8.34. The van der Waals surface area contributed by atoms with Crippen molar-refractivity contribution in [1.29, 1.82) is 0 Å². The topological polar surface area (TPSA) is 58.6 Å². The van der Waals surface area contributed by atoms with Crippen molar-refractivity contribution in [2.45, 2.75) is 19.3 Å². The molecule has 0 atom stereocenters. The summed E-state index contributed by atoms with van der Waals surface area (Å²) in [6.45, 7) is 6.07. The molecule has 1 aliphatic heterocycles. The molecule has 0 spiro atoms. The molecule has 0 saturated carbocycles. The van der Waals surface area contributed by atoms with Gasteiger partial charge >= 0.3 is 5.97 Å². The number of amides is 1. The summed E-state index contributed by atoms with van der Waals surface area (Å²) >= 11 is 0. The monoisotopic (exact) mass is 302 g/mol. The summed E-state index contributed by atoms with van der Waals surface area (Å²) in [5, 5.41) is 2.85. The van der Waals surface area contributed by atoms with Crippen LogP contribution in [0.15, 0.2) is 36.9 Å². The fraction of sp³-hybridized carbons (Fsp3) is 0.412. The molecule has 1 aromatic carbocycles. The Morgan fingerprint density at radius 2 is 1.86 bits per heavy atom. The lowest BCUT2D eigenvalue weighted by Gasteiger charge is -2.25. The molecule has 1 fully saturated rings. The Balaban J connectivity index is 1.83. The van der Waals surface area contributed by atoms with E-state index in [0.29, 0.717) is 17.8 Å². The van der Waals surface area contributed by atoms with Gasteiger partial charge in [0.25, 0.3) is 0 Å². The minimum Gasteiger partial charge on any atom is -0.458 e. The minimum atomic E-state index is -0.397. The number of nitrogens with zero attached hydrogens (tertiary/aromatic N) is 1. The molecule has 0 radical (unpaired) electrons. The number of nitrogens with one attached hydrogen (secondary N) is 1. The van der Waals surface area contributed by atoms with E-state index in [0.717, 1.165) is 25.9 Å². The molecule has 1 N–H and O–H groups in total. The largest absolute Gasteiger partial charge is 0.458 e. The van der Waals surface area contributed by atoms with Crippen molar-refractivity contribution in [2.24, 2.45) is 0 Å². The van der Waals surface area contributed by atoms with Crippen LogP contribution in [0.2, 0.25) is 0 Å². The smallest absolute Gasteiger partial charge is 0.338 e. The zero-order valence-corrected chi connectivity index (χ0v) is 12.7. The van der Waals surface area contributed by atoms with Crippen LogP contribution in [0.5, 0.6) is 0 Å². The third-order valence-electron chi connectivity index (χ3n) is 3.55. The third-order valence-corrected chi connectivity index (χ3v) is 3.55. The number of carbonyl (C=O) groups is 2. The average Bonchev–Trinajstić information content (AvgIpc) is 2.54. The average molecular weight is 302 g/mol. The molecule has 1 aromatic rings. The number of anilines is 1. The highest BCUT2D eigenvalue weighted by molar-refractivity contribution is 5.94. The molecular formula is C17H22N2O3. The predicted octanol–water partition coefficient (Wildman–Crippen LogP) is 2.45. The lowest BCUT2D eigenvalue weighted by molar-refractivity contribution is -0.117. The maximum atomic E-state index is 12.0. The summed E-state index contributed by atoms with van der Waals surface area (Å²) in [6, 6.07) is 6.70. The van der Waals surface area contributed by atoms with E-state index in [9.17, 15) is 9.59 Å². The molecule has 2 rings (SSSR count). The summed E-state index contributed by atoms with van der Waals surface area (Å²) in [5.41, 5.74) is 1.14. The van der Waals surface area contributed by atoms with Crippen molar-refractivity contribution in [1.82, 2.24) is 4.90 Å². The first-order chi connectivity index (χ1) is 10.7. The van der Waals surface area contributed by atoms with Crippen LogP contribution in [0.3, 0.4) is 0 Å². The van der Waals surface area contributed by atoms with Gasteiger partial charge in [-0.2, -0.15) is 0 Å². The number of likely N-dealkylation sites (tertiary alicyclic amines) is 1. The Kier molecular flexibility index (Phi) is 6.15. The van der Waals surface area contributed by atoms with Crippen molar-refractivity contribution in [3.8, 4) is 0 Å². The highest BCUT2D eigenvalue weighted by atomic mass is 16.5. The van der Waals surface area contributed by atoms with Crippen molar-refractivity contribution in [3.05, 3.63) is 42.5 Å². The number of hydrogen-bond donors (Lipinski definition) is 1. The van der Waals surface area contributed by atoms with Gasteiger partial charge < -0.3 is 10.1 Å². The van der Waals surface area contributed by atoms with E-state index >= 15 is 0 Å². The first-order valence-corrected chi connectivity index (χ1v) is 7.59. The molecule has 1 amide bonds. The SMILES string of the molecule is C=CCOC(=O)c1ccc(NC(=O)CN2CCCCC2)cc1. The summed E-state index contributed by atoms with van der Waals surface area (Å²) in [4.78, 5) is 25.8. The van der Waals surface area contributed by atoms with Crippen molar-refractivity contribution < 1.29 is 14.3 Å². The number of carbonyl (C=O) groups excluding carboxylic acids is 2. The maximum Gasteiger partial charge on any atom is 0.338 e. The summed E-state index contributed by atoms with van der Waals surface area (Å²) in [5.74, 6) is -0.421. The summed E-state index contributed by atoms with van der Waals surface area (Å²) in [6.07, 6.45) is 5.10. The Morgan fingerprint density at radius 3 is 2.50 bits per heavy atom. The molecule has 118 valence electrons. The van der Waals surface area contributed by atoms with Gasteiger partial charge in [0.05, 0.1) is 12.1 Å². The van der Waals surface area contributed by atoms with E-state index < -0.39 is 5.97 Å². The highest BCUT2D eigenvalue weighted by Gasteiger charge is 2.14. The van der Waals surface area contributed by atoms with Crippen molar-refractivity contribution in [2.75, 3.05) is 31.6 Å². The first kappa shape index (κ1) is 16.2. The fourth-order valence-electron chi connectivity index (χ4n) is 2.43. The molecule has 0 bridgehead atoms. The van der Waals surface area contributed by atoms with Crippen LogP contribution in [0.4, 0.5) is 5.69 Å². The number of benzene rings is 1. The second-order valence-corrected chi connectivity index (χ2v) is 5.35. The molecule has 0 aliphatic carbocycles. The number of piperidine rings is 1. The molecular weight excluding hydrogens is 280 g/mol. The van der Waals surface area contributed by atoms with Crippen LogP contribution in [0.1, 0.15) is 29.6 Å². The van der Waals surface area contributed by atoms with E-state index in [4.69, 9.17) is 4.74 Å². The van der Waals surface area contributed by atoms with Crippen LogP contribution in [-0.2, 0) is 9.53 Å². The quantitative estimate of drug-likeness (QED) is 0.648. The van der Waals surface area contributed by atoms with E-state index in [1.807, 2.05) is 0 Å². The predicted molar refractivity (Wildman–Crippen MR) is 85.8 cm³/mol. The van der Waals surface area contributed by atoms with E-state index in [2.05, 4.69) is 16.8 Å². The standard InChI is InChI=1S/C17H22N2O3/c1-2-12-22-17(21)14-6-8-15(9-7-14)18-16(20)13-19-10-4-3-5-11-19/h2,6-9H,1,3-5,10-13H2,(H,18,20). The zero-order chi connectivity index (χ0) is 15.8. The van der Waals surface area contributed by atoms with Gasteiger partial charge in [0.2, 0.25) is 5.91 Å².